The average Bonchev–Trinajstić information content (AvgIpc) is 3.15. The lowest BCUT2D eigenvalue weighted by Crippen LogP contribution is -2.19. The molecule has 2 aromatic carbocycles. The van der Waals surface area contributed by atoms with E-state index in [1.807, 2.05) is 38.1 Å². The van der Waals surface area contributed by atoms with Gasteiger partial charge < -0.3 is 19.2 Å². The van der Waals surface area contributed by atoms with Crippen molar-refractivity contribution in [3.05, 3.63) is 65.4 Å². The summed E-state index contributed by atoms with van der Waals surface area (Å²) < 4.78 is 16.0. The molecule has 0 saturated carbocycles. The molecule has 1 aromatic heterocycles. The smallest absolute Gasteiger partial charge is 0.255 e. The lowest BCUT2D eigenvalue weighted by molar-refractivity contribution is 0.102. The zero-order valence-corrected chi connectivity index (χ0v) is 16.6. The number of carbonyl (C=O) groups excluding carboxylic acids is 1. The number of benzene rings is 2. The van der Waals surface area contributed by atoms with Crippen molar-refractivity contribution in [2.24, 2.45) is 0 Å². The number of carbonyl (C=O) groups is 1. The number of ether oxygens (including phenoxy) is 2. The molecular formula is C21H23N3O4. The van der Waals surface area contributed by atoms with Crippen molar-refractivity contribution in [1.29, 1.82) is 0 Å². The van der Waals surface area contributed by atoms with Gasteiger partial charge in [-0.15, -0.1) is 10.2 Å². The van der Waals surface area contributed by atoms with Gasteiger partial charge in [0.1, 0.15) is 0 Å². The molecule has 1 amide bonds. The summed E-state index contributed by atoms with van der Waals surface area (Å²) in [6, 6.07) is 12.6. The Kier molecular flexibility index (Phi) is 5.35. The minimum Gasteiger partial charge on any atom is -0.493 e. The monoisotopic (exact) mass is 381 g/mol. The Balaban J connectivity index is 1.76. The van der Waals surface area contributed by atoms with Crippen LogP contribution in [0, 0.1) is 6.92 Å². The van der Waals surface area contributed by atoms with E-state index in [0.717, 1.165) is 5.56 Å². The van der Waals surface area contributed by atoms with Crippen LogP contribution in [0.5, 0.6) is 11.5 Å². The molecule has 0 unspecified atom stereocenters. The molecule has 0 aliphatic heterocycles. The van der Waals surface area contributed by atoms with Gasteiger partial charge in [-0.1, -0.05) is 12.1 Å². The number of methoxy groups -OCH3 is 2. The molecule has 0 fully saturated rings. The molecule has 28 heavy (non-hydrogen) atoms. The van der Waals surface area contributed by atoms with Crippen molar-refractivity contribution in [2.75, 3.05) is 19.5 Å². The molecule has 0 aliphatic carbocycles. The Morgan fingerprint density at radius 3 is 2.25 bits per heavy atom. The van der Waals surface area contributed by atoms with Gasteiger partial charge >= 0.3 is 0 Å². The summed E-state index contributed by atoms with van der Waals surface area (Å²) in [5.41, 5.74) is 1.72. The number of anilines is 1. The largest absolute Gasteiger partial charge is 0.493 e. The van der Waals surface area contributed by atoms with E-state index >= 15 is 0 Å². The molecule has 1 N–H and O–H groups in total. The standard InChI is InChI=1S/C21H23N3O4/c1-13-23-24-20(28-13)21(2,3)15-7-9-16(10-8-15)22-19(25)14-6-11-17(26-4)18(12-14)27-5/h6-12H,1-5H3,(H,22,25). The molecule has 3 rings (SSSR count). The van der Waals surface area contributed by atoms with Crippen LogP contribution in [0.2, 0.25) is 0 Å². The van der Waals surface area contributed by atoms with Crippen LogP contribution in [0.25, 0.3) is 0 Å². The lowest BCUT2D eigenvalue weighted by atomic mass is 9.84. The van der Waals surface area contributed by atoms with Crippen LogP contribution in [0.1, 0.15) is 41.6 Å². The molecule has 1 heterocycles. The first-order chi connectivity index (χ1) is 13.3. The van der Waals surface area contributed by atoms with Crippen LogP contribution in [-0.2, 0) is 5.41 Å². The van der Waals surface area contributed by atoms with E-state index in [1.165, 1.54) is 7.11 Å². The van der Waals surface area contributed by atoms with Gasteiger partial charge in [0.15, 0.2) is 11.5 Å². The van der Waals surface area contributed by atoms with E-state index in [9.17, 15) is 4.79 Å². The second kappa shape index (κ2) is 7.72. The Labute approximate surface area is 163 Å². The van der Waals surface area contributed by atoms with Gasteiger partial charge in [-0.05, 0) is 49.7 Å². The molecular weight excluding hydrogens is 358 g/mol. The van der Waals surface area contributed by atoms with Crippen LogP contribution in [-0.4, -0.2) is 30.3 Å². The first-order valence-corrected chi connectivity index (χ1v) is 8.79. The Morgan fingerprint density at radius 1 is 1.00 bits per heavy atom. The minimum atomic E-state index is -0.437. The molecule has 0 aliphatic rings. The summed E-state index contributed by atoms with van der Waals surface area (Å²) in [6.07, 6.45) is 0. The minimum absolute atomic E-state index is 0.236. The van der Waals surface area contributed by atoms with Crippen LogP contribution < -0.4 is 14.8 Å². The molecule has 0 radical (unpaired) electrons. The van der Waals surface area contributed by atoms with Crippen molar-refractivity contribution in [1.82, 2.24) is 10.2 Å². The number of hydrogen-bond acceptors (Lipinski definition) is 6. The van der Waals surface area contributed by atoms with E-state index in [4.69, 9.17) is 13.9 Å². The quantitative estimate of drug-likeness (QED) is 0.695. The van der Waals surface area contributed by atoms with E-state index < -0.39 is 5.41 Å². The predicted octanol–water partition coefficient (Wildman–Crippen LogP) is 3.97. The number of aromatic nitrogens is 2. The number of amides is 1. The normalized spacial score (nSPS) is 11.2. The second-order valence-corrected chi connectivity index (χ2v) is 6.85. The van der Waals surface area contributed by atoms with Crippen LogP contribution in [0.4, 0.5) is 5.69 Å². The highest BCUT2D eigenvalue weighted by molar-refractivity contribution is 6.04. The van der Waals surface area contributed by atoms with Gasteiger partial charge in [-0.25, -0.2) is 0 Å². The van der Waals surface area contributed by atoms with Gasteiger partial charge in [-0.2, -0.15) is 0 Å². The van der Waals surface area contributed by atoms with Gasteiger partial charge in [-0.3, -0.25) is 4.79 Å². The van der Waals surface area contributed by atoms with E-state index in [2.05, 4.69) is 15.5 Å². The van der Waals surface area contributed by atoms with Crippen LogP contribution in [0.3, 0.4) is 0 Å². The Morgan fingerprint density at radius 2 is 1.68 bits per heavy atom. The molecule has 0 spiro atoms. The summed E-state index contributed by atoms with van der Waals surface area (Å²) in [7, 11) is 3.08. The third-order valence-corrected chi connectivity index (χ3v) is 4.57. The van der Waals surface area contributed by atoms with E-state index in [0.29, 0.717) is 34.5 Å². The fourth-order valence-electron chi connectivity index (χ4n) is 2.82. The van der Waals surface area contributed by atoms with E-state index in [1.54, 1.807) is 32.2 Å². The Bertz CT molecular complexity index is 978. The maximum atomic E-state index is 12.5. The summed E-state index contributed by atoms with van der Waals surface area (Å²) in [4.78, 5) is 12.5. The first kappa shape index (κ1) is 19.4. The van der Waals surface area contributed by atoms with Crippen molar-refractivity contribution in [3.8, 4) is 11.5 Å². The highest BCUT2D eigenvalue weighted by Gasteiger charge is 2.29. The number of aryl methyl sites for hydroxylation is 1. The molecule has 0 atom stereocenters. The third kappa shape index (κ3) is 3.83. The maximum absolute atomic E-state index is 12.5. The molecule has 0 bridgehead atoms. The average molecular weight is 381 g/mol. The lowest BCUT2D eigenvalue weighted by Gasteiger charge is -2.21. The fraction of sp³-hybridized carbons (Fsp3) is 0.286. The number of nitrogens with one attached hydrogen (secondary N) is 1. The zero-order chi connectivity index (χ0) is 20.3. The summed E-state index contributed by atoms with van der Waals surface area (Å²) >= 11 is 0. The summed E-state index contributed by atoms with van der Waals surface area (Å²) in [6.45, 7) is 5.79. The van der Waals surface area contributed by atoms with Crippen molar-refractivity contribution < 1.29 is 18.7 Å². The number of hydrogen-bond donors (Lipinski definition) is 1. The number of rotatable bonds is 6. The molecule has 7 nitrogen and oxygen atoms in total. The number of nitrogens with zero attached hydrogens (tertiary/aromatic N) is 2. The molecule has 3 aromatic rings. The van der Waals surface area contributed by atoms with Gasteiger partial charge in [0.05, 0.1) is 19.6 Å². The van der Waals surface area contributed by atoms with Gasteiger partial charge in [0.25, 0.3) is 5.91 Å². The van der Waals surface area contributed by atoms with Crippen LogP contribution in [0.15, 0.2) is 46.9 Å². The van der Waals surface area contributed by atoms with Crippen molar-refractivity contribution in [2.45, 2.75) is 26.2 Å². The van der Waals surface area contributed by atoms with Crippen molar-refractivity contribution in [3.63, 3.8) is 0 Å². The van der Waals surface area contributed by atoms with E-state index in [-0.39, 0.29) is 5.91 Å². The fourth-order valence-corrected chi connectivity index (χ4v) is 2.82. The van der Waals surface area contributed by atoms with Crippen LogP contribution >= 0.6 is 0 Å². The highest BCUT2D eigenvalue weighted by atomic mass is 16.5. The molecule has 7 heteroatoms. The van der Waals surface area contributed by atoms with Crippen molar-refractivity contribution >= 4 is 11.6 Å². The predicted molar refractivity (Wildman–Crippen MR) is 105 cm³/mol. The van der Waals surface area contributed by atoms with Gasteiger partial charge in [0, 0.05) is 18.2 Å². The maximum Gasteiger partial charge on any atom is 0.255 e. The van der Waals surface area contributed by atoms with Gasteiger partial charge in [0.2, 0.25) is 11.8 Å². The highest BCUT2D eigenvalue weighted by Crippen LogP contribution is 2.31. The zero-order valence-electron chi connectivity index (χ0n) is 16.6. The third-order valence-electron chi connectivity index (χ3n) is 4.57. The second-order valence-electron chi connectivity index (χ2n) is 6.85. The summed E-state index contributed by atoms with van der Waals surface area (Å²) in [5, 5.41) is 10.9. The molecule has 146 valence electrons. The summed E-state index contributed by atoms with van der Waals surface area (Å²) in [5.74, 6) is 1.92. The Hall–Kier alpha value is -3.35. The topological polar surface area (TPSA) is 86.5 Å². The molecule has 0 saturated heterocycles. The first-order valence-electron chi connectivity index (χ1n) is 8.79. The SMILES string of the molecule is COc1ccc(C(=O)Nc2ccc(C(C)(C)c3nnc(C)o3)cc2)cc1OC.